The standard InChI is InChI=1S/C14H17N3O3/c1-3-9-19-11-7-5-10(6-8-11)14(18)15-13-12(4-2)16-20-17-13/h5-8H,3-4,9H2,1-2H3,(H,15,17,18). The summed E-state index contributed by atoms with van der Waals surface area (Å²) in [5.41, 5.74) is 1.15. The van der Waals surface area contributed by atoms with Crippen molar-refractivity contribution in [3.05, 3.63) is 35.5 Å². The summed E-state index contributed by atoms with van der Waals surface area (Å²) in [4.78, 5) is 12.0. The highest BCUT2D eigenvalue weighted by Gasteiger charge is 2.13. The van der Waals surface area contributed by atoms with Crippen LogP contribution in [-0.4, -0.2) is 22.8 Å². The number of nitrogens with one attached hydrogen (secondary N) is 1. The van der Waals surface area contributed by atoms with Gasteiger partial charge in [0.1, 0.15) is 11.4 Å². The highest BCUT2D eigenvalue weighted by atomic mass is 16.6. The van der Waals surface area contributed by atoms with E-state index in [2.05, 4.69) is 20.3 Å². The minimum absolute atomic E-state index is 0.252. The monoisotopic (exact) mass is 275 g/mol. The third-order valence-electron chi connectivity index (χ3n) is 2.71. The number of amides is 1. The van der Waals surface area contributed by atoms with Crippen LogP contribution < -0.4 is 10.1 Å². The molecule has 0 unspecified atom stereocenters. The van der Waals surface area contributed by atoms with E-state index in [0.29, 0.717) is 30.1 Å². The number of hydrogen-bond acceptors (Lipinski definition) is 5. The first kappa shape index (κ1) is 14.0. The number of aryl methyl sites for hydroxylation is 1. The topological polar surface area (TPSA) is 77.2 Å². The van der Waals surface area contributed by atoms with E-state index in [-0.39, 0.29) is 5.91 Å². The van der Waals surface area contributed by atoms with Crippen molar-refractivity contribution in [1.29, 1.82) is 0 Å². The summed E-state index contributed by atoms with van der Waals surface area (Å²) in [6, 6.07) is 6.96. The van der Waals surface area contributed by atoms with Crippen molar-refractivity contribution in [2.45, 2.75) is 26.7 Å². The second-order valence-electron chi connectivity index (χ2n) is 4.24. The highest BCUT2D eigenvalue weighted by molar-refractivity contribution is 6.04. The van der Waals surface area contributed by atoms with Crippen molar-refractivity contribution in [3.63, 3.8) is 0 Å². The molecule has 0 atom stereocenters. The molecule has 6 nitrogen and oxygen atoms in total. The van der Waals surface area contributed by atoms with Gasteiger partial charge in [-0.3, -0.25) is 4.79 Å². The Morgan fingerprint density at radius 3 is 2.65 bits per heavy atom. The van der Waals surface area contributed by atoms with Crippen LogP contribution in [0.4, 0.5) is 5.82 Å². The number of carbonyl (C=O) groups is 1. The first-order chi connectivity index (χ1) is 9.74. The molecule has 2 rings (SSSR count). The van der Waals surface area contributed by atoms with E-state index in [1.165, 1.54) is 0 Å². The fraction of sp³-hybridized carbons (Fsp3) is 0.357. The molecule has 106 valence electrons. The van der Waals surface area contributed by atoms with Crippen LogP contribution in [0.15, 0.2) is 28.9 Å². The summed E-state index contributed by atoms with van der Waals surface area (Å²) in [6.07, 6.45) is 1.59. The normalized spacial score (nSPS) is 10.3. The first-order valence-corrected chi connectivity index (χ1v) is 6.60. The third-order valence-corrected chi connectivity index (χ3v) is 2.71. The lowest BCUT2D eigenvalue weighted by molar-refractivity contribution is 0.102. The van der Waals surface area contributed by atoms with Gasteiger partial charge in [-0.05, 0) is 42.3 Å². The van der Waals surface area contributed by atoms with Crippen LogP contribution in [0.1, 0.15) is 36.3 Å². The predicted octanol–water partition coefficient (Wildman–Crippen LogP) is 2.67. The van der Waals surface area contributed by atoms with E-state index in [4.69, 9.17) is 4.74 Å². The Bertz CT molecular complexity index is 563. The average molecular weight is 275 g/mol. The van der Waals surface area contributed by atoms with Crippen molar-refractivity contribution < 1.29 is 14.2 Å². The number of aromatic nitrogens is 2. The average Bonchev–Trinajstić information content (AvgIpc) is 2.92. The summed E-state index contributed by atoms with van der Waals surface area (Å²) >= 11 is 0. The largest absolute Gasteiger partial charge is 0.494 e. The number of ether oxygens (including phenoxy) is 1. The molecule has 2 aromatic rings. The summed E-state index contributed by atoms with van der Waals surface area (Å²) in [7, 11) is 0. The molecule has 0 radical (unpaired) electrons. The number of benzene rings is 1. The van der Waals surface area contributed by atoms with E-state index in [1.807, 2.05) is 13.8 Å². The van der Waals surface area contributed by atoms with Gasteiger partial charge in [-0.1, -0.05) is 19.0 Å². The number of hydrogen-bond donors (Lipinski definition) is 1. The van der Waals surface area contributed by atoms with Gasteiger partial charge in [0.25, 0.3) is 5.91 Å². The van der Waals surface area contributed by atoms with Gasteiger partial charge in [0.05, 0.1) is 6.61 Å². The molecule has 0 saturated heterocycles. The fourth-order valence-electron chi connectivity index (χ4n) is 1.64. The van der Waals surface area contributed by atoms with E-state index in [9.17, 15) is 4.79 Å². The molecule has 0 spiro atoms. The third kappa shape index (κ3) is 3.34. The molecule has 1 N–H and O–H groups in total. The van der Waals surface area contributed by atoms with Crippen molar-refractivity contribution in [1.82, 2.24) is 10.3 Å². The van der Waals surface area contributed by atoms with Crippen LogP contribution in [0.5, 0.6) is 5.75 Å². The molecule has 0 aliphatic rings. The highest BCUT2D eigenvalue weighted by Crippen LogP contribution is 2.15. The Morgan fingerprint density at radius 1 is 1.25 bits per heavy atom. The van der Waals surface area contributed by atoms with Crippen molar-refractivity contribution in [2.24, 2.45) is 0 Å². The molecule has 6 heteroatoms. The molecule has 1 heterocycles. The van der Waals surface area contributed by atoms with Crippen molar-refractivity contribution in [2.75, 3.05) is 11.9 Å². The molecule has 0 aliphatic heterocycles. The molecule has 0 saturated carbocycles. The molecule has 0 fully saturated rings. The molecule has 20 heavy (non-hydrogen) atoms. The molecule has 1 aromatic carbocycles. The van der Waals surface area contributed by atoms with Crippen molar-refractivity contribution >= 4 is 11.7 Å². The van der Waals surface area contributed by atoms with Crippen LogP contribution in [0.3, 0.4) is 0 Å². The second kappa shape index (κ2) is 6.70. The molecule has 1 amide bonds. The van der Waals surface area contributed by atoms with E-state index in [1.54, 1.807) is 24.3 Å². The smallest absolute Gasteiger partial charge is 0.256 e. The fourth-order valence-corrected chi connectivity index (χ4v) is 1.64. The van der Waals surface area contributed by atoms with Gasteiger partial charge in [0, 0.05) is 5.56 Å². The summed E-state index contributed by atoms with van der Waals surface area (Å²) in [5, 5.41) is 10.0. The maximum Gasteiger partial charge on any atom is 0.256 e. The van der Waals surface area contributed by atoms with Crippen LogP contribution in [0, 0.1) is 0 Å². The van der Waals surface area contributed by atoms with Gasteiger partial charge in [-0.15, -0.1) is 0 Å². The van der Waals surface area contributed by atoms with Crippen molar-refractivity contribution in [3.8, 4) is 5.75 Å². The lowest BCUT2D eigenvalue weighted by atomic mass is 10.2. The Hall–Kier alpha value is -2.37. The number of nitrogens with zero attached hydrogens (tertiary/aromatic N) is 2. The minimum atomic E-state index is -0.252. The van der Waals surface area contributed by atoms with Gasteiger partial charge in [0.15, 0.2) is 0 Å². The zero-order valence-electron chi connectivity index (χ0n) is 11.5. The maximum absolute atomic E-state index is 12.0. The molecular formula is C14H17N3O3. The lowest BCUT2D eigenvalue weighted by Gasteiger charge is -2.06. The maximum atomic E-state index is 12.0. The lowest BCUT2D eigenvalue weighted by Crippen LogP contribution is -2.13. The summed E-state index contributed by atoms with van der Waals surface area (Å²) < 4.78 is 10.1. The zero-order valence-corrected chi connectivity index (χ0v) is 11.5. The Labute approximate surface area is 117 Å². The van der Waals surface area contributed by atoms with Gasteiger partial charge < -0.3 is 10.1 Å². The summed E-state index contributed by atoms with van der Waals surface area (Å²) in [5.74, 6) is 0.863. The van der Waals surface area contributed by atoms with Gasteiger partial charge in [0.2, 0.25) is 5.82 Å². The number of rotatable bonds is 6. The quantitative estimate of drug-likeness (QED) is 0.877. The Morgan fingerprint density at radius 2 is 2.00 bits per heavy atom. The Balaban J connectivity index is 2.02. The zero-order chi connectivity index (χ0) is 14.4. The van der Waals surface area contributed by atoms with Crippen LogP contribution in [-0.2, 0) is 6.42 Å². The second-order valence-corrected chi connectivity index (χ2v) is 4.24. The summed E-state index contributed by atoms with van der Waals surface area (Å²) in [6.45, 7) is 4.62. The van der Waals surface area contributed by atoms with Gasteiger partial charge >= 0.3 is 0 Å². The van der Waals surface area contributed by atoms with Crippen LogP contribution >= 0.6 is 0 Å². The van der Waals surface area contributed by atoms with Gasteiger partial charge in [-0.25, -0.2) is 4.63 Å². The van der Waals surface area contributed by atoms with E-state index >= 15 is 0 Å². The van der Waals surface area contributed by atoms with Crippen LogP contribution in [0.2, 0.25) is 0 Å². The van der Waals surface area contributed by atoms with E-state index < -0.39 is 0 Å². The SMILES string of the molecule is CCCOc1ccc(C(=O)Nc2nonc2CC)cc1. The number of anilines is 1. The number of carbonyl (C=O) groups excluding carboxylic acids is 1. The molecule has 0 aliphatic carbocycles. The predicted molar refractivity (Wildman–Crippen MR) is 73.9 cm³/mol. The van der Waals surface area contributed by atoms with Gasteiger partial charge in [-0.2, -0.15) is 0 Å². The minimum Gasteiger partial charge on any atom is -0.494 e. The molecular weight excluding hydrogens is 258 g/mol. The van der Waals surface area contributed by atoms with Crippen LogP contribution in [0.25, 0.3) is 0 Å². The molecule has 1 aromatic heterocycles. The first-order valence-electron chi connectivity index (χ1n) is 6.60. The van der Waals surface area contributed by atoms with E-state index in [0.717, 1.165) is 12.2 Å². The molecule has 0 bridgehead atoms. The Kier molecular flexibility index (Phi) is 4.70.